The van der Waals surface area contributed by atoms with E-state index in [-0.39, 0.29) is 24.2 Å². The van der Waals surface area contributed by atoms with Gasteiger partial charge in [0.05, 0.1) is 13.0 Å². The molecule has 5 heteroatoms. The number of halogens is 1. The van der Waals surface area contributed by atoms with E-state index in [0.717, 1.165) is 54.6 Å². The molecule has 4 nitrogen and oxygen atoms in total. The van der Waals surface area contributed by atoms with E-state index in [1.54, 1.807) is 7.11 Å². The van der Waals surface area contributed by atoms with Gasteiger partial charge in [-0.15, -0.1) is 12.4 Å². The van der Waals surface area contributed by atoms with Gasteiger partial charge in [0.2, 0.25) is 5.91 Å². The van der Waals surface area contributed by atoms with E-state index in [0.29, 0.717) is 5.92 Å². The Morgan fingerprint density at radius 3 is 2.50 bits per heavy atom. The Morgan fingerprint density at radius 2 is 1.85 bits per heavy atom. The number of fused-ring (bicyclic) bond motifs is 1. The zero-order valence-corrected chi connectivity index (χ0v) is 16.6. The number of rotatable bonds is 5. The first-order chi connectivity index (χ1) is 12.1. The average Bonchev–Trinajstić information content (AvgIpc) is 2.67. The van der Waals surface area contributed by atoms with Gasteiger partial charge in [-0.1, -0.05) is 24.3 Å². The summed E-state index contributed by atoms with van der Waals surface area (Å²) in [4.78, 5) is 14.9. The fourth-order valence-corrected chi connectivity index (χ4v) is 3.70. The Labute approximate surface area is 162 Å². The third kappa shape index (κ3) is 4.49. The summed E-state index contributed by atoms with van der Waals surface area (Å²) in [6.45, 7) is 4.82. The van der Waals surface area contributed by atoms with Gasteiger partial charge < -0.3 is 15.0 Å². The highest BCUT2D eigenvalue weighted by molar-refractivity contribution is 5.88. The quantitative estimate of drug-likeness (QED) is 0.862. The molecule has 1 atom stereocenters. The Hall–Kier alpha value is -1.78. The molecular weight excluding hydrogens is 348 g/mol. The van der Waals surface area contributed by atoms with Crippen LogP contribution in [0.15, 0.2) is 36.4 Å². The third-order valence-corrected chi connectivity index (χ3v) is 5.36. The van der Waals surface area contributed by atoms with Crippen LogP contribution in [-0.2, 0) is 4.79 Å². The second-order valence-electron chi connectivity index (χ2n) is 7.02. The van der Waals surface area contributed by atoms with Gasteiger partial charge in [0.25, 0.3) is 0 Å². The van der Waals surface area contributed by atoms with Crippen molar-refractivity contribution in [3.05, 3.63) is 42.0 Å². The maximum atomic E-state index is 12.9. The second kappa shape index (κ2) is 9.24. The number of likely N-dealkylation sites (tertiary alicyclic amines) is 1. The number of piperidine rings is 1. The molecule has 3 rings (SSSR count). The average molecular weight is 377 g/mol. The molecule has 1 aliphatic heterocycles. The zero-order valence-electron chi connectivity index (χ0n) is 15.8. The van der Waals surface area contributed by atoms with E-state index >= 15 is 0 Å². The summed E-state index contributed by atoms with van der Waals surface area (Å²) in [6.07, 6.45) is 2.19. The van der Waals surface area contributed by atoms with Gasteiger partial charge in [-0.2, -0.15) is 0 Å². The molecule has 2 aromatic carbocycles. The smallest absolute Gasteiger partial charge is 0.229 e. The van der Waals surface area contributed by atoms with Crippen LogP contribution in [0, 0.1) is 5.92 Å². The molecule has 1 saturated heterocycles. The van der Waals surface area contributed by atoms with Gasteiger partial charge in [-0.25, -0.2) is 0 Å². The number of nitrogens with zero attached hydrogens (tertiary/aromatic N) is 1. The molecule has 26 heavy (non-hydrogen) atoms. The molecule has 1 heterocycles. The van der Waals surface area contributed by atoms with Crippen LogP contribution in [0.25, 0.3) is 10.8 Å². The predicted molar refractivity (Wildman–Crippen MR) is 109 cm³/mol. The molecule has 0 aliphatic carbocycles. The first-order valence-electron chi connectivity index (χ1n) is 9.13. The number of hydrogen-bond acceptors (Lipinski definition) is 3. The Kier molecular flexibility index (Phi) is 7.30. The molecule has 0 saturated carbocycles. The van der Waals surface area contributed by atoms with Crippen LogP contribution in [0.3, 0.4) is 0 Å². The Bertz CT molecular complexity index is 742. The van der Waals surface area contributed by atoms with Crippen LogP contribution in [-0.4, -0.2) is 44.6 Å². The van der Waals surface area contributed by atoms with E-state index in [1.807, 2.05) is 31.0 Å². The lowest BCUT2D eigenvalue weighted by Crippen LogP contribution is -2.42. The van der Waals surface area contributed by atoms with Gasteiger partial charge in [-0.05, 0) is 67.7 Å². The molecule has 1 fully saturated rings. The van der Waals surface area contributed by atoms with Crippen molar-refractivity contribution < 1.29 is 9.53 Å². The lowest BCUT2D eigenvalue weighted by molar-refractivity contribution is -0.133. The molecule has 142 valence electrons. The van der Waals surface area contributed by atoms with Gasteiger partial charge in [0.15, 0.2) is 0 Å². The van der Waals surface area contributed by atoms with Gasteiger partial charge in [0, 0.05) is 13.1 Å². The molecule has 1 amide bonds. The molecule has 1 aliphatic rings. The van der Waals surface area contributed by atoms with Crippen LogP contribution >= 0.6 is 12.4 Å². The van der Waals surface area contributed by atoms with Crippen LogP contribution in [0.2, 0.25) is 0 Å². The number of amides is 1. The standard InChI is InChI=1S/C21H28N2O2.ClH/c1-15(21(24)23-10-8-16(9-11-23)14-22-2)17-4-5-19-13-20(25-3)7-6-18(19)12-17;/h4-7,12-13,15-16,22H,8-11,14H2,1-3H3;1H. The van der Waals surface area contributed by atoms with Crippen molar-refractivity contribution in [3.63, 3.8) is 0 Å². The molecule has 0 aromatic heterocycles. The molecule has 1 N–H and O–H groups in total. The van der Waals surface area contributed by atoms with E-state index in [4.69, 9.17) is 4.74 Å². The van der Waals surface area contributed by atoms with Crippen LogP contribution in [0.5, 0.6) is 5.75 Å². The highest BCUT2D eigenvalue weighted by Crippen LogP contribution is 2.27. The topological polar surface area (TPSA) is 41.6 Å². The summed E-state index contributed by atoms with van der Waals surface area (Å²) >= 11 is 0. The maximum absolute atomic E-state index is 12.9. The molecular formula is C21H29ClN2O2. The number of carbonyl (C=O) groups excluding carboxylic acids is 1. The monoisotopic (exact) mass is 376 g/mol. The number of methoxy groups -OCH3 is 1. The molecule has 2 aromatic rings. The minimum Gasteiger partial charge on any atom is -0.497 e. The van der Waals surface area contributed by atoms with E-state index < -0.39 is 0 Å². The Morgan fingerprint density at radius 1 is 1.19 bits per heavy atom. The van der Waals surface area contributed by atoms with Crippen molar-refractivity contribution in [1.29, 1.82) is 0 Å². The van der Waals surface area contributed by atoms with Crippen molar-refractivity contribution in [2.45, 2.75) is 25.7 Å². The highest BCUT2D eigenvalue weighted by atomic mass is 35.5. The van der Waals surface area contributed by atoms with Crippen molar-refractivity contribution in [3.8, 4) is 5.75 Å². The summed E-state index contributed by atoms with van der Waals surface area (Å²) in [5, 5.41) is 5.52. The van der Waals surface area contributed by atoms with E-state index in [1.165, 1.54) is 0 Å². The minimum atomic E-state index is -0.104. The number of hydrogen-bond donors (Lipinski definition) is 1. The largest absolute Gasteiger partial charge is 0.497 e. The lowest BCUT2D eigenvalue weighted by atomic mass is 9.93. The maximum Gasteiger partial charge on any atom is 0.229 e. The number of carbonyl (C=O) groups is 1. The van der Waals surface area contributed by atoms with Crippen LogP contribution < -0.4 is 10.1 Å². The van der Waals surface area contributed by atoms with Gasteiger partial charge in [0.1, 0.15) is 5.75 Å². The van der Waals surface area contributed by atoms with Gasteiger partial charge >= 0.3 is 0 Å². The fraction of sp³-hybridized carbons (Fsp3) is 0.476. The molecule has 1 unspecified atom stereocenters. The van der Waals surface area contributed by atoms with E-state index in [9.17, 15) is 4.79 Å². The third-order valence-electron chi connectivity index (χ3n) is 5.36. The fourth-order valence-electron chi connectivity index (χ4n) is 3.70. The number of nitrogens with one attached hydrogen (secondary N) is 1. The Balaban J connectivity index is 0.00000243. The number of benzene rings is 2. The van der Waals surface area contributed by atoms with Crippen molar-refractivity contribution >= 4 is 29.1 Å². The van der Waals surface area contributed by atoms with E-state index in [2.05, 4.69) is 29.6 Å². The minimum absolute atomic E-state index is 0. The SMILES string of the molecule is CNCC1CCN(C(=O)C(C)c2ccc3cc(OC)ccc3c2)CC1.Cl. The highest BCUT2D eigenvalue weighted by Gasteiger charge is 2.26. The first-order valence-corrected chi connectivity index (χ1v) is 9.13. The van der Waals surface area contributed by atoms with Crippen molar-refractivity contribution in [1.82, 2.24) is 10.2 Å². The summed E-state index contributed by atoms with van der Waals surface area (Å²) < 4.78 is 5.28. The molecule has 0 spiro atoms. The predicted octanol–water partition coefficient (Wildman–Crippen LogP) is 3.83. The second-order valence-corrected chi connectivity index (χ2v) is 7.02. The van der Waals surface area contributed by atoms with Crippen LogP contribution in [0.4, 0.5) is 0 Å². The molecule has 0 bridgehead atoms. The number of ether oxygens (including phenoxy) is 1. The first kappa shape index (κ1) is 20.5. The van der Waals surface area contributed by atoms with Crippen LogP contribution in [0.1, 0.15) is 31.2 Å². The summed E-state index contributed by atoms with van der Waals surface area (Å²) in [5.74, 6) is 1.69. The zero-order chi connectivity index (χ0) is 17.8. The van der Waals surface area contributed by atoms with Gasteiger partial charge in [-0.3, -0.25) is 4.79 Å². The summed E-state index contributed by atoms with van der Waals surface area (Å²) in [5.41, 5.74) is 1.08. The normalized spacial score (nSPS) is 16.2. The lowest BCUT2D eigenvalue weighted by Gasteiger charge is -2.33. The summed E-state index contributed by atoms with van der Waals surface area (Å²) in [6, 6.07) is 12.3. The molecule has 0 radical (unpaired) electrons. The van der Waals surface area contributed by atoms with Crippen molar-refractivity contribution in [2.24, 2.45) is 5.92 Å². The van der Waals surface area contributed by atoms with Crippen molar-refractivity contribution in [2.75, 3.05) is 33.8 Å². The summed E-state index contributed by atoms with van der Waals surface area (Å²) in [7, 11) is 3.67.